The van der Waals surface area contributed by atoms with Crippen LogP contribution in [0.2, 0.25) is 0 Å². The smallest absolute Gasteiger partial charge is 0.245 e. The number of sulfonamides is 1. The third kappa shape index (κ3) is 5.20. The Morgan fingerprint density at radius 3 is 2.65 bits per heavy atom. The third-order valence-corrected chi connectivity index (χ3v) is 5.45. The highest BCUT2D eigenvalue weighted by Gasteiger charge is 2.23. The number of aliphatic hydroxyl groups is 1. The molecule has 20 heavy (non-hydrogen) atoms. The van der Waals surface area contributed by atoms with E-state index in [1.807, 2.05) is 6.92 Å². The molecule has 7 heteroatoms. The predicted molar refractivity (Wildman–Crippen MR) is 80.9 cm³/mol. The molecule has 0 saturated heterocycles. The van der Waals surface area contributed by atoms with Crippen molar-refractivity contribution in [3.63, 3.8) is 0 Å². The van der Waals surface area contributed by atoms with Crippen molar-refractivity contribution >= 4 is 26.0 Å². The van der Waals surface area contributed by atoms with Crippen LogP contribution in [0.5, 0.6) is 0 Å². The number of hydrogen-bond acceptors (Lipinski definition) is 4. The number of unbranched alkanes of at least 4 members (excludes halogenated alkanes) is 3. The summed E-state index contributed by atoms with van der Waals surface area (Å²) >= 11 is 3.06. The van der Waals surface area contributed by atoms with Gasteiger partial charge in [-0.05, 0) is 29.3 Å². The van der Waals surface area contributed by atoms with Gasteiger partial charge in [0, 0.05) is 12.1 Å². The summed E-state index contributed by atoms with van der Waals surface area (Å²) < 4.78 is 32.2. The number of furan rings is 1. The molecule has 116 valence electrons. The second-order valence-corrected chi connectivity index (χ2v) is 7.28. The van der Waals surface area contributed by atoms with E-state index in [2.05, 4.69) is 27.6 Å². The summed E-state index contributed by atoms with van der Waals surface area (Å²) in [7, 11) is -3.62. The van der Waals surface area contributed by atoms with Gasteiger partial charge in [0.15, 0.2) is 4.67 Å². The number of hydrogen-bond donors (Lipinski definition) is 2. The first-order valence-electron chi connectivity index (χ1n) is 6.82. The van der Waals surface area contributed by atoms with Gasteiger partial charge in [0.1, 0.15) is 17.3 Å². The van der Waals surface area contributed by atoms with Gasteiger partial charge in [0.25, 0.3) is 0 Å². The van der Waals surface area contributed by atoms with Crippen LogP contribution < -0.4 is 4.72 Å². The second-order valence-electron chi connectivity index (χ2n) is 4.88. The maximum Gasteiger partial charge on any atom is 0.245 e. The van der Waals surface area contributed by atoms with Crippen LogP contribution >= 0.6 is 15.9 Å². The lowest BCUT2D eigenvalue weighted by molar-refractivity contribution is 0.245. The van der Waals surface area contributed by atoms with E-state index in [1.54, 1.807) is 0 Å². The molecular formula is C13H22BrNO4S. The standard InChI is InChI=1S/C13H22BrNO4S/c1-3-4-5-6-7-10(2)15-20(17,18)12-8-11(9-16)19-13(12)14/h8,10,15-16H,3-7,9H2,1-2H3. The summed E-state index contributed by atoms with van der Waals surface area (Å²) in [5, 5.41) is 8.96. The molecule has 0 aliphatic rings. The van der Waals surface area contributed by atoms with Crippen LogP contribution in [0.15, 0.2) is 20.0 Å². The van der Waals surface area contributed by atoms with Gasteiger partial charge in [-0.1, -0.05) is 32.6 Å². The van der Waals surface area contributed by atoms with Gasteiger partial charge >= 0.3 is 0 Å². The highest BCUT2D eigenvalue weighted by atomic mass is 79.9. The van der Waals surface area contributed by atoms with E-state index >= 15 is 0 Å². The first kappa shape index (κ1) is 17.7. The molecule has 0 amide bonds. The third-order valence-electron chi connectivity index (χ3n) is 3.00. The first-order chi connectivity index (χ1) is 9.40. The van der Waals surface area contributed by atoms with Gasteiger partial charge in [-0.25, -0.2) is 13.1 Å². The largest absolute Gasteiger partial charge is 0.450 e. The predicted octanol–water partition coefficient (Wildman–Crippen LogP) is 3.17. The molecule has 1 unspecified atom stereocenters. The number of halogens is 1. The van der Waals surface area contributed by atoms with E-state index < -0.39 is 10.0 Å². The van der Waals surface area contributed by atoms with Crippen LogP contribution in [0.25, 0.3) is 0 Å². The zero-order chi connectivity index (χ0) is 15.2. The number of aliphatic hydroxyl groups excluding tert-OH is 1. The minimum absolute atomic E-state index is 0.0296. The Labute approximate surface area is 128 Å². The van der Waals surface area contributed by atoms with Crippen molar-refractivity contribution in [2.75, 3.05) is 0 Å². The Hall–Kier alpha value is -0.370. The molecule has 5 nitrogen and oxygen atoms in total. The number of rotatable bonds is 9. The summed E-state index contributed by atoms with van der Waals surface area (Å²) in [5.74, 6) is 0.216. The van der Waals surface area contributed by atoms with Crippen LogP contribution in [0, 0.1) is 0 Å². The molecule has 1 rings (SSSR count). The highest BCUT2D eigenvalue weighted by molar-refractivity contribution is 9.10. The Balaban J connectivity index is 2.62. The molecule has 0 saturated carbocycles. The van der Waals surface area contributed by atoms with E-state index in [-0.39, 0.29) is 28.0 Å². The average Bonchev–Trinajstić information content (AvgIpc) is 2.76. The van der Waals surface area contributed by atoms with Gasteiger partial charge in [0.2, 0.25) is 10.0 Å². The van der Waals surface area contributed by atoms with E-state index in [0.717, 1.165) is 25.7 Å². The van der Waals surface area contributed by atoms with Crippen LogP contribution in [0.4, 0.5) is 0 Å². The Morgan fingerprint density at radius 2 is 2.10 bits per heavy atom. The van der Waals surface area contributed by atoms with Crippen LogP contribution in [0.1, 0.15) is 51.7 Å². The SMILES string of the molecule is CCCCCCC(C)NS(=O)(=O)c1cc(CO)oc1Br. The van der Waals surface area contributed by atoms with Gasteiger partial charge < -0.3 is 9.52 Å². The molecule has 0 aromatic carbocycles. The van der Waals surface area contributed by atoms with Crippen molar-refractivity contribution < 1.29 is 17.9 Å². The first-order valence-corrected chi connectivity index (χ1v) is 9.09. The van der Waals surface area contributed by atoms with Crippen molar-refractivity contribution in [2.45, 2.75) is 63.5 Å². The van der Waals surface area contributed by atoms with Crippen molar-refractivity contribution in [1.82, 2.24) is 4.72 Å². The summed E-state index contributed by atoms with van der Waals surface area (Å²) in [6.07, 6.45) is 5.26. The lowest BCUT2D eigenvalue weighted by Crippen LogP contribution is -2.32. The maximum absolute atomic E-state index is 12.2. The summed E-state index contributed by atoms with van der Waals surface area (Å²) in [5.41, 5.74) is 0. The number of nitrogens with one attached hydrogen (secondary N) is 1. The lowest BCUT2D eigenvalue weighted by atomic mass is 10.1. The fourth-order valence-corrected chi connectivity index (χ4v) is 4.20. The fourth-order valence-electron chi connectivity index (χ4n) is 1.92. The van der Waals surface area contributed by atoms with Gasteiger partial charge in [-0.3, -0.25) is 0 Å². The minimum Gasteiger partial charge on any atom is -0.450 e. The quantitative estimate of drug-likeness (QED) is 0.656. The van der Waals surface area contributed by atoms with Crippen molar-refractivity contribution in [3.05, 3.63) is 16.5 Å². The van der Waals surface area contributed by atoms with Gasteiger partial charge in [-0.2, -0.15) is 0 Å². The minimum atomic E-state index is -3.62. The molecule has 2 N–H and O–H groups in total. The maximum atomic E-state index is 12.2. The molecule has 0 bridgehead atoms. The molecule has 1 aromatic heterocycles. The van der Waals surface area contributed by atoms with E-state index in [1.165, 1.54) is 12.5 Å². The Kier molecular flexibility index (Phi) is 7.22. The Morgan fingerprint density at radius 1 is 1.40 bits per heavy atom. The summed E-state index contributed by atoms with van der Waals surface area (Å²) in [6, 6.07) is 1.20. The molecule has 1 heterocycles. The van der Waals surface area contributed by atoms with E-state index in [0.29, 0.717) is 0 Å². The topological polar surface area (TPSA) is 79.5 Å². The normalized spacial score (nSPS) is 13.6. The van der Waals surface area contributed by atoms with Crippen molar-refractivity contribution in [2.24, 2.45) is 0 Å². The van der Waals surface area contributed by atoms with Gasteiger partial charge in [0.05, 0.1) is 0 Å². The van der Waals surface area contributed by atoms with Crippen LogP contribution in [-0.4, -0.2) is 19.6 Å². The zero-order valence-electron chi connectivity index (χ0n) is 11.9. The van der Waals surface area contributed by atoms with E-state index in [9.17, 15) is 8.42 Å². The fraction of sp³-hybridized carbons (Fsp3) is 0.692. The molecule has 0 aliphatic carbocycles. The van der Waals surface area contributed by atoms with Crippen LogP contribution in [-0.2, 0) is 16.6 Å². The molecule has 1 atom stereocenters. The second kappa shape index (κ2) is 8.17. The average molecular weight is 368 g/mol. The molecule has 0 spiro atoms. The molecule has 0 radical (unpaired) electrons. The van der Waals surface area contributed by atoms with Gasteiger partial charge in [-0.15, -0.1) is 0 Å². The molecule has 0 fully saturated rings. The van der Waals surface area contributed by atoms with Crippen molar-refractivity contribution in [3.8, 4) is 0 Å². The molecule has 1 aromatic rings. The zero-order valence-corrected chi connectivity index (χ0v) is 14.3. The van der Waals surface area contributed by atoms with E-state index in [4.69, 9.17) is 9.52 Å². The lowest BCUT2D eigenvalue weighted by Gasteiger charge is -2.13. The summed E-state index contributed by atoms with van der Waals surface area (Å²) in [4.78, 5) is 0.0296. The highest BCUT2D eigenvalue weighted by Crippen LogP contribution is 2.26. The monoisotopic (exact) mass is 367 g/mol. The summed E-state index contributed by atoms with van der Waals surface area (Å²) in [6.45, 7) is 3.66. The Bertz CT molecular complexity index is 512. The van der Waals surface area contributed by atoms with Crippen molar-refractivity contribution in [1.29, 1.82) is 0 Å². The molecule has 0 aliphatic heterocycles. The van der Waals surface area contributed by atoms with Crippen LogP contribution in [0.3, 0.4) is 0 Å². The molecular weight excluding hydrogens is 346 g/mol.